The van der Waals surface area contributed by atoms with Gasteiger partial charge in [0, 0.05) is 11.1 Å². The van der Waals surface area contributed by atoms with Crippen molar-refractivity contribution in [2.45, 2.75) is 13.5 Å². The predicted molar refractivity (Wildman–Crippen MR) is 103 cm³/mol. The molecular weight excluding hydrogens is 373 g/mol. The zero-order chi connectivity index (χ0) is 18.7. The maximum Gasteiger partial charge on any atom is 0.276 e. The molecule has 0 saturated carbocycles. The average Bonchev–Trinajstić information content (AvgIpc) is 2.62. The van der Waals surface area contributed by atoms with E-state index in [0.717, 1.165) is 11.1 Å². The summed E-state index contributed by atoms with van der Waals surface area (Å²) in [7, 11) is 0. The fourth-order valence-corrected chi connectivity index (χ4v) is 2.67. The number of nitrogens with zero attached hydrogens (tertiary/aromatic N) is 2. The fourth-order valence-electron chi connectivity index (χ4n) is 2.33. The van der Waals surface area contributed by atoms with Crippen LogP contribution in [0.15, 0.2) is 59.4 Å². The van der Waals surface area contributed by atoms with E-state index in [1.54, 1.807) is 18.2 Å². The molecule has 132 valence electrons. The van der Waals surface area contributed by atoms with Crippen LogP contribution in [0, 0.1) is 6.92 Å². The number of nitrogens with one attached hydrogen (secondary N) is 1. The number of anilines is 1. The predicted octanol–water partition coefficient (Wildman–Crippen LogP) is 4.16. The van der Waals surface area contributed by atoms with Gasteiger partial charge in [0.1, 0.15) is 5.69 Å². The van der Waals surface area contributed by atoms with E-state index < -0.39 is 5.91 Å². The fraction of sp³-hybridized carbons (Fsp3) is 0.105. The third kappa shape index (κ3) is 4.31. The number of hydrogen-bond acceptors (Lipinski definition) is 3. The molecule has 0 radical (unpaired) electrons. The van der Waals surface area contributed by atoms with E-state index in [1.807, 2.05) is 31.2 Å². The minimum absolute atomic E-state index is 0.104. The van der Waals surface area contributed by atoms with Gasteiger partial charge < -0.3 is 5.32 Å². The molecular formula is C19H15Cl2N3O2. The molecule has 0 atom stereocenters. The van der Waals surface area contributed by atoms with Gasteiger partial charge in [-0.15, -0.1) is 0 Å². The molecule has 2 aromatic carbocycles. The smallest absolute Gasteiger partial charge is 0.276 e. The van der Waals surface area contributed by atoms with Gasteiger partial charge in [-0.05, 0) is 36.8 Å². The number of aromatic nitrogens is 2. The first kappa shape index (κ1) is 18.2. The van der Waals surface area contributed by atoms with Gasteiger partial charge in [-0.25, -0.2) is 4.68 Å². The molecule has 0 fully saturated rings. The van der Waals surface area contributed by atoms with Crippen LogP contribution in [0.4, 0.5) is 5.69 Å². The summed E-state index contributed by atoms with van der Waals surface area (Å²) in [4.78, 5) is 24.5. The number of amides is 1. The summed E-state index contributed by atoms with van der Waals surface area (Å²) in [5.41, 5.74) is 2.24. The second kappa shape index (κ2) is 7.72. The van der Waals surface area contributed by atoms with Gasteiger partial charge >= 0.3 is 0 Å². The van der Waals surface area contributed by atoms with Gasteiger partial charge in [0.2, 0.25) is 0 Å². The minimum Gasteiger partial charge on any atom is -0.319 e. The van der Waals surface area contributed by atoms with Crippen molar-refractivity contribution in [1.29, 1.82) is 0 Å². The number of aryl methyl sites for hydroxylation is 1. The first-order valence-corrected chi connectivity index (χ1v) is 8.58. The third-order valence-electron chi connectivity index (χ3n) is 3.73. The molecule has 0 aliphatic carbocycles. The van der Waals surface area contributed by atoms with Crippen molar-refractivity contribution >= 4 is 34.8 Å². The summed E-state index contributed by atoms with van der Waals surface area (Å²) >= 11 is 12.0. The average molecular weight is 388 g/mol. The van der Waals surface area contributed by atoms with Crippen molar-refractivity contribution in [3.63, 3.8) is 0 Å². The molecule has 0 aliphatic heterocycles. The van der Waals surface area contributed by atoms with Crippen LogP contribution in [0.25, 0.3) is 0 Å². The van der Waals surface area contributed by atoms with Crippen molar-refractivity contribution in [3.8, 4) is 0 Å². The van der Waals surface area contributed by atoms with Crippen molar-refractivity contribution in [2.75, 3.05) is 5.32 Å². The lowest BCUT2D eigenvalue weighted by Gasteiger charge is -2.09. The molecule has 7 heteroatoms. The molecule has 0 bridgehead atoms. The van der Waals surface area contributed by atoms with E-state index >= 15 is 0 Å². The molecule has 3 rings (SSSR count). The van der Waals surface area contributed by atoms with Gasteiger partial charge in [-0.2, -0.15) is 5.10 Å². The second-order valence-electron chi connectivity index (χ2n) is 5.78. The summed E-state index contributed by atoms with van der Waals surface area (Å²) in [6, 6.07) is 15.2. The largest absolute Gasteiger partial charge is 0.319 e. The SMILES string of the molecule is Cc1ccc(Cn2nc(C(=O)Nc3cc(Cl)ccc3Cl)ccc2=O)cc1. The van der Waals surface area contributed by atoms with Gasteiger partial charge in [-0.1, -0.05) is 53.0 Å². The molecule has 1 amide bonds. The molecule has 26 heavy (non-hydrogen) atoms. The lowest BCUT2D eigenvalue weighted by atomic mass is 10.1. The van der Waals surface area contributed by atoms with E-state index in [0.29, 0.717) is 15.7 Å². The van der Waals surface area contributed by atoms with Gasteiger partial charge in [0.05, 0.1) is 17.3 Å². The Bertz CT molecular complexity index is 1010. The summed E-state index contributed by atoms with van der Waals surface area (Å²) in [6.07, 6.45) is 0. The molecule has 0 saturated heterocycles. The Morgan fingerprint density at radius 2 is 1.81 bits per heavy atom. The monoisotopic (exact) mass is 387 g/mol. The highest BCUT2D eigenvalue weighted by Crippen LogP contribution is 2.25. The number of carbonyl (C=O) groups excluding carboxylic acids is 1. The van der Waals surface area contributed by atoms with Crippen molar-refractivity contribution < 1.29 is 4.79 Å². The zero-order valence-electron chi connectivity index (χ0n) is 13.9. The molecule has 3 aromatic rings. The normalized spacial score (nSPS) is 10.6. The maximum atomic E-state index is 12.4. The molecule has 5 nitrogen and oxygen atoms in total. The van der Waals surface area contributed by atoms with Crippen LogP contribution < -0.4 is 10.9 Å². The highest BCUT2D eigenvalue weighted by Gasteiger charge is 2.12. The molecule has 1 aromatic heterocycles. The van der Waals surface area contributed by atoms with Crippen LogP contribution in [0.2, 0.25) is 10.0 Å². The summed E-state index contributed by atoms with van der Waals surface area (Å²) < 4.78 is 1.25. The molecule has 0 aliphatic rings. The third-order valence-corrected chi connectivity index (χ3v) is 4.29. The first-order valence-electron chi connectivity index (χ1n) is 7.82. The number of halogens is 2. The number of carbonyl (C=O) groups is 1. The highest BCUT2D eigenvalue weighted by atomic mass is 35.5. The zero-order valence-corrected chi connectivity index (χ0v) is 15.4. The van der Waals surface area contributed by atoms with Crippen molar-refractivity contribution in [2.24, 2.45) is 0 Å². The molecule has 0 unspecified atom stereocenters. The Morgan fingerprint density at radius 3 is 2.54 bits per heavy atom. The van der Waals surface area contributed by atoms with Crippen LogP contribution in [0.1, 0.15) is 21.6 Å². The maximum absolute atomic E-state index is 12.4. The Hall–Kier alpha value is -2.63. The summed E-state index contributed by atoms with van der Waals surface area (Å²) in [6.45, 7) is 2.26. The molecule has 1 N–H and O–H groups in total. The highest BCUT2D eigenvalue weighted by molar-refractivity contribution is 6.35. The molecule has 0 spiro atoms. The number of hydrogen-bond donors (Lipinski definition) is 1. The lowest BCUT2D eigenvalue weighted by molar-refractivity contribution is 0.102. The van der Waals surface area contributed by atoms with Crippen LogP contribution >= 0.6 is 23.2 Å². The van der Waals surface area contributed by atoms with Crippen LogP contribution in [0.5, 0.6) is 0 Å². The van der Waals surface area contributed by atoms with Gasteiger partial charge in [-0.3, -0.25) is 9.59 Å². The second-order valence-corrected chi connectivity index (χ2v) is 6.62. The number of rotatable bonds is 4. The van der Waals surface area contributed by atoms with E-state index in [1.165, 1.54) is 16.8 Å². The number of benzene rings is 2. The Balaban J connectivity index is 1.84. The van der Waals surface area contributed by atoms with Crippen LogP contribution in [-0.4, -0.2) is 15.7 Å². The van der Waals surface area contributed by atoms with E-state index in [9.17, 15) is 9.59 Å². The Labute approximate surface area is 160 Å². The van der Waals surface area contributed by atoms with E-state index in [4.69, 9.17) is 23.2 Å². The van der Waals surface area contributed by atoms with Crippen molar-refractivity contribution in [3.05, 3.63) is 91.8 Å². The quantitative estimate of drug-likeness (QED) is 0.730. The lowest BCUT2D eigenvalue weighted by Crippen LogP contribution is -2.26. The topological polar surface area (TPSA) is 64.0 Å². The van der Waals surface area contributed by atoms with Gasteiger partial charge in [0.25, 0.3) is 11.5 Å². The minimum atomic E-state index is -0.480. The summed E-state index contributed by atoms with van der Waals surface area (Å²) in [5.74, 6) is -0.480. The van der Waals surface area contributed by atoms with Crippen LogP contribution in [0.3, 0.4) is 0 Å². The standard InChI is InChI=1S/C19H15Cl2N3O2/c1-12-2-4-13(5-3-12)11-24-18(25)9-8-16(23-24)19(26)22-17-10-14(20)6-7-15(17)21/h2-10H,11H2,1H3,(H,22,26). The van der Waals surface area contributed by atoms with E-state index in [2.05, 4.69) is 10.4 Å². The Morgan fingerprint density at radius 1 is 1.08 bits per heavy atom. The molecule has 1 heterocycles. The van der Waals surface area contributed by atoms with Crippen molar-refractivity contribution in [1.82, 2.24) is 9.78 Å². The summed E-state index contributed by atoms with van der Waals surface area (Å²) in [5, 5.41) is 7.61. The van der Waals surface area contributed by atoms with E-state index in [-0.39, 0.29) is 17.8 Å². The Kier molecular flexibility index (Phi) is 5.40. The first-order chi connectivity index (χ1) is 12.4. The van der Waals surface area contributed by atoms with Gasteiger partial charge in [0.15, 0.2) is 0 Å². The van der Waals surface area contributed by atoms with Crippen LogP contribution in [-0.2, 0) is 6.54 Å².